The lowest BCUT2D eigenvalue weighted by atomic mass is 10.1. The maximum absolute atomic E-state index is 13.5. The van der Waals surface area contributed by atoms with Crippen molar-refractivity contribution in [1.82, 2.24) is 14.5 Å². The van der Waals surface area contributed by atoms with Crippen molar-refractivity contribution in [3.8, 4) is 12.3 Å². The Hall–Kier alpha value is -3.48. The lowest BCUT2D eigenvalue weighted by Gasteiger charge is -2.32. The van der Waals surface area contributed by atoms with Gasteiger partial charge in [-0.1, -0.05) is 0 Å². The first-order chi connectivity index (χ1) is 16.4. The number of nitrogens with zero attached hydrogens (tertiary/aromatic N) is 4. The topological polar surface area (TPSA) is 67.7 Å². The Morgan fingerprint density at radius 1 is 1.23 bits per heavy atom. The maximum Gasteiger partial charge on any atom is 0.416 e. The molecule has 1 aromatic carbocycles. The fraction of sp³-hybridized carbons (Fsp3) is 0.480. The highest BCUT2D eigenvalue weighted by Gasteiger charge is 2.32. The molecule has 10 heteroatoms. The zero-order chi connectivity index (χ0) is 26.0. The van der Waals surface area contributed by atoms with E-state index in [2.05, 4.69) is 5.92 Å². The molecule has 0 bridgehead atoms. The third kappa shape index (κ3) is 5.96. The van der Waals surface area contributed by atoms with Gasteiger partial charge in [-0.25, -0.2) is 9.78 Å². The van der Waals surface area contributed by atoms with E-state index in [1.807, 2.05) is 6.92 Å². The molecule has 0 unspecified atom stereocenters. The molecule has 1 amide bonds. The molecule has 0 radical (unpaired) electrons. The monoisotopic (exact) mass is 490 g/mol. The molecule has 188 valence electrons. The molecule has 2 aromatic rings. The molecule has 2 heterocycles. The predicted molar refractivity (Wildman–Crippen MR) is 126 cm³/mol. The van der Waals surface area contributed by atoms with E-state index in [1.54, 1.807) is 25.7 Å². The third-order valence-electron chi connectivity index (χ3n) is 5.49. The number of rotatable bonds is 5. The molecule has 3 rings (SSSR count). The van der Waals surface area contributed by atoms with Crippen LogP contribution in [-0.2, 0) is 30.4 Å². The molecule has 0 aliphatic carbocycles. The van der Waals surface area contributed by atoms with Crippen LogP contribution in [0.15, 0.2) is 29.1 Å². The molecule has 35 heavy (non-hydrogen) atoms. The quantitative estimate of drug-likeness (QED) is 0.567. The molecular weight excluding hydrogens is 461 g/mol. The zero-order valence-electron chi connectivity index (χ0n) is 20.3. The van der Waals surface area contributed by atoms with E-state index in [0.717, 1.165) is 12.1 Å². The summed E-state index contributed by atoms with van der Waals surface area (Å²) in [7, 11) is 0. The van der Waals surface area contributed by atoms with Gasteiger partial charge in [-0.3, -0.25) is 9.36 Å². The Kier molecular flexibility index (Phi) is 7.48. The first-order valence-corrected chi connectivity index (χ1v) is 11.3. The Morgan fingerprint density at radius 3 is 2.43 bits per heavy atom. The van der Waals surface area contributed by atoms with Crippen molar-refractivity contribution in [1.29, 1.82) is 0 Å². The van der Waals surface area contributed by atoms with Gasteiger partial charge >= 0.3 is 12.3 Å². The maximum atomic E-state index is 13.5. The van der Waals surface area contributed by atoms with E-state index < -0.39 is 23.4 Å². The molecule has 0 atom stereocenters. The van der Waals surface area contributed by atoms with Gasteiger partial charge in [-0.05, 0) is 52.0 Å². The number of fused-ring (bicyclic) bond motifs is 1. The summed E-state index contributed by atoms with van der Waals surface area (Å²) in [6, 6.07) is 4.71. The number of hydrogen-bond acceptors (Lipinski definition) is 5. The number of halogens is 3. The number of carbonyl (C=O) groups excluding carboxylic acids is 1. The van der Waals surface area contributed by atoms with Crippen LogP contribution in [0.5, 0.6) is 0 Å². The fourth-order valence-electron chi connectivity index (χ4n) is 3.84. The lowest BCUT2D eigenvalue weighted by molar-refractivity contribution is -0.137. The summed E-state index contributed by atoms with van der Waals surface area (Å²) < 4.78 is 45.9. The largest absolute Gasteiger partial charge is 0.444 e. The Balaban J connectivity index is 2.03. The van der Waals surface area contributed by atoms with E-state index >= 15 is 0 Å². The van der Waals surface area contributed by atoms with Crippen molar-refractivity contribution in [2.24, 2.45) is 0 Å². The van der Waals surface area contributed by atoms with Gasteiger partial charge in [0.2, 0.25) is 5.95 Å². The summed E-state index contributed by atoms with van der Waals surface area (Å²) in [5.41, 5.74) is -0.372. The number of aromatic nitrogens is 2. The molecule has 7 nitrogen and oxygen atoms in total. The number of benzene rings is 1. The Labute approximate surface area is 202 Å². The minimum absolute atomic E-state index is 0.0544. The number of anilines is 2. The Bertz CT molecular complexity index is 1180. The molecule has 1 aliphatic heterocycles. The van der Waals surface area contributed by atoms with Gasteiger partial charge in [0.1, 0.15) is 5.60 Å². The summed E-state index contributed by atoms with van der Waals surface area (Å²) in [5.74, 6) is 2.81. The van der Waals surface area contributed by atoms with Crippen LogP contribution in [0.1, 0.15) is 50.9 Å². The smallest absolute Gasteiger partial charge is 0.416 e. The lowest BCUT2D eigenvalue weighted by Crippen LogP contribution is -2.44. The van der Waals surface area contributed by atoms with Crippen molar-refractivity contribution < 1.29 is 22.7 Å². The van der Waals surface area contributed by atoms with Crippen LogP contribution in [0.3, 0.4) is 0 Å². The van der Waals surface area contributed by atoms with Gasteiger partial charge in [-0.15, -0.1) is 12.3 Å². The molecule has 0 spiro atoms. The van der Waals surface area contributed by atoms with E-state index in [0.29, 0.717) is 42.4 Å². The van der Waals surface area contributed by atoms with Crippen LogP contribution in [0.4, 0.5) is 29.6 Å². The predicted octanol–water partition coefficient (Wildman–Crippen LogP) is 4.74. The summed E-state index contributed by atoms with van der Waals surface area (Å²) in [6.45, 7) is 8.04. The summed E-state index contributed by atoms with van der Waals surface area (Å²) in [5, 5.41) is 0. The van der Waals surface area contributed by atoms with Crippen molar-refractivity contribution in [2.45, 2.75) is 65.4 Å². The average molecular weight is 491 g/mol. The van der Waals surface area contributed by atoms with Crippen LogP contribution < -0.4 is 10.5 Å². The fourth-order valence-corrected chi connectivity index (χ4v) is 3.84. The average Bonchev–Trinajstić information content (AvgIpc) is 2.78. The van der Waals surface area contributed by atoms with Gasteiger partial charge in [0.15, 0.2) is 0 Å². The van der Waals surface area contributed by atoms with Crippen molar-refractivity contribution in [3.05, 3.63) is 51.4 Å². The van der Waals surface area contributed by atoms with Crippen molar-refractivity contribution in [3.63, 3.8) is 0 Å². The van der Waals surface area contributed by atoms with E-state index in [1.165, 1.54) is 21.6 Å². The first kappa shape index (κ1) is 26.1. The standard InChI is InChI=1S/C25H29F3N4O3/c1-6-8-14-32-21(33)19-16-30(23(34)35-24(3,4)5)15-13-20(19)29-22(32)31(7-2)18-11-9-17(10-12-18)25(26,27)28/h1,9-12H,7-8,13-16H2,2-5H3. The van der Waals surface area contributed by atoms with E-state index in [-0.39, 0.29) is 25.1 Å². The number of alkyl halides is 3. The van der Waals surface area contributed by atoms with Crippen LogP contribution in [0.25, 0.3) is 0 Å². The molecule has 0 N–H and O–H groups in total. The molecule has 1 aliphatic rings. The van der Waals surface area contributed by atoms with Crippen molar-refractivity contribution in [2.75, 3.05) is 18.0 Å². The second-order valence-electron chi connectivity index (χ2n) is 9.19. The highest BCUT2D eigenvalue weighted by atomic mass is 19.4. The second kappa shape index (κ2) is 10.0. The third-order valence-corrected chi connectivity index (χ3v) is 5.49. The van der Waals surface area contributed by atoms with Gasteiger partial charge in [0, 0.05) is 38.2 Å². The van der Waals surface area contributed by atoms with Gasteiger partial charge in [0.05, 0.1) is 23.4 Å². The van der Waals surface area contributed by atoms with Crippen LogP contribution >= 0.6 is 0 Å². The summed E-state index contributed by atoms with van der Waals surface area (Å²) in [4.78, 5) is 34.0. The minimum Gasteiger partial charge on any atom is -0.444 e. The van der Waals surface area contributed by atoms with E-state index in [4.69, 9.17) is 16.1 Å². The minimum atomic E-state index is -4.45. The number of carbonyl (C=O) groups is 1. The number of hydrogen-bond donors (Lipinski definition) is 0. The van der Waals surface area contributed by atoms with E-state index in [9.17, 15) is 22.8 Å². The molecule has 0 saturated heterocycles. The zero-order valence-corrected chi connectivity index (χ0v) is 20.3. The number of terminal acetylenes is 1. The van der Waals surface area contributed by atoms with Gasteiger partial charge in [0.25, 0.3) is 5.56 Å². The Morgan fingerprint density at radius 2 is 1.89 bits per heavy atom. The van der Waals surface area contributed by atoms with Crippen molar-refractivity contribution >= 4 is 17.7 Å². The van der Waals surface area contributed by atoms with Crippen LogP contribution in [0, 0.1) is 12.3 Å². The molecule has 1 aromatic heterocycles. The van der Waals surface area contributed by atoms with Crippen LogP contribution in [-0.4, -0.2) is 39.2 Å². The first-order valence-electron chi connectivity index (χ1n) is 11.3. The molecule has 0 fully saturated rings. The highest BCUT2D eigenvalue weighted by molar-refractivity contribution is 5.68. The molecule has 0 saturated carbocycles. The normalized spacial score (nSPS) is 13.7. The summed E-state index contributed by atoms with van der Waals surface area (Å²) in [6.07, 6.45) is 1.08. The molecular formula is C25H29F3N4O3. The second-order valence-corrected chi connectivity index (χ2v) is 9.19. The number of amides is 1. The summed E-state index contributed by atoms with van der Waals surface area (Å²) >= 11 is 0. The van der Waals surface area contributed by atoms with Crippen LogP contribution in [0.2, 0.25) is 0 Å². The van der Waals surface area contributed by atoms with Gasteiger partial charge < -0.3 is 14.5 Å². The van der Waals surface area contributed by atoms with Gasteiger partial charge in [-0.2, -0.15) is 13.2 Å². The number of ether oxygens (including phenoxy) is 1. The SMILES string of the molecule is C#CCCn1c(N(CC)c2ccc(C(F)(F)F)cc2)nc2c(c1=O)CN(C(=O)OC(C)(C)C)CC2. The highest BCUT2D eigenvalue weighted by Crippen LogP contribution is 2.32.